The number of nitrogens with one attached hydrogen (secondary N) is 1. The largest absolute Gasteiger partial charge is 0.367 e. The molecule has 0 atom stereocenters. The van der Waals surface area contributed by atoms with Gasteiger partial charge < -0.3 is 10.2 Å². The van der Waals surface area contributed by atoms with Gasteiger partial charge in [-0.3, -0.25) is 4.90 Å². The van der Waals surface area contributed by atoms with E-state index in [9.17, 15) is 0 Å². The van der Waals surface area contributed by atoms with E-state index in [2.05, 4.69) is 38.1 Å². The van der Waals surface area contributed by atoms with E-state index in [1.165, 1.54) is 58.4 Å². The van der Waals surface area contributed by atoms with Crippen molar-refractivity contribution in [1.29, 1.82) is 5.26 Å². The van der Waals surface area contributed by atoms with Crippen molar-refractivity contribution in [2.24, 2.45) is 0 Å². The maximum Gasteiger partial charge on any atom is 0.137 e. The summed E-state index contributed by atoms with van der Waals surface area (Å²) in [5.41, 5.74) is 1.91. The topological polar surface area (TPSA) is 68.1 Å². The Hall–Kier alpha value is -2.23. The van der Waals surface area contributed by atoms with E-state index in [-0.39, 0.29) is 0 Å². The van der Waals surface area contributed by atoms with E-state index in [0.717, 1.165) is 28.3 Å². The fraction of sp³-hybridized carbons (Fsp3) is 0.591. The molecule has 148 valence electrons. The minimum Gasteiger partial charge on any atom is -0.367 e. The van der Waals surface area contributed by atoms with Crippen molar-refractivity contribution in [3.05, 3.63) is 30.1 Å². The lowest BCUT2D eigenvalue weighted by Crippen LogP contribution is -2.51. The van der Waals surface area contributed by atoms with Crippen LogP contribution in [0.3, 0.4) is 0 Å². The second kappa shape index (κ2) is 8.85. The normalized spacial score (nSPS) is 24.1. The molecular weight excluding hydrogens is 348 g/mol. The summed E-state index contributed by atoms with van der Waals surface area (Å²) in [4.78, 5) is 14.1. The summed E-state index contributed by atoms with van der Waals surface area (Å²) in [6.45, 7) is 8.31. The fourth-order valence-electron chi connectivity index (χ4n) is 4.64. The van der Waals surface area contributed by atoms with Gasteiger partial charge in [0, 0.05) is 43.6 Å². The van der Waals surface area contributed by atoms with Gasteiger partial charge in [0.05, 0.1) is 18.0 Å². The van der Waals surface area contributed by atoms with Crippen LogP contribution in [0.2, 0.25) is 0 Å². The number of hydrogen-bond acceptors (Lipinski definition) is 6. The Balaban J connectivity index is 1.35. The number of aromatic nitrogens is 2. The first-order valence-electron chi connectivity index (χ1n) is 10.6. The van der Waals surface area contributed by atoms with Crippen LogP contribution in [0.15, 0.2) is 24.5 Å². The van der Waals surface area contributed by atoms with Crippen LogP contribution in [0, 0.1) is 11.3 Å². The first kappa shape index (κ1) is 19.1. The molecule has 0 radical (unpaired) electrons. The van der Waals surface area contributed by atoms with Crippen LogP contribution in [-0.2, 0) is 6.42 Å². The molecule has 4 rings (SSSR count). The standard InChI is InChI=1S/C22H30N6/c1-2-27-11-13-28(14-12-27)19-6-4-18(5-7-19)26-22-20-8-3-17(9-10-23)15-21(20)24-16-25-22/h3,8,15-16,18-19H,2,4-7,9,11-14H2,1H3,(H,24,25,26)/t18-,19+. The minimum atomic E-state index is 0.416. The second-order valence-corrected chi connectivity index (χ2v) is 8.03. The summed E-state index contributed by atoms with van der Waals surface area (Å²) < 4.78 is 0. The fourth-order valence-corrected chi connectivity index (χ4v) is 4.64. The third-order valence-electron chi connectivity index (χ3n) is 6.39. The van der Waals surface area contributed by atoms with Crippen LogP contribution in [0.25, 0.3) is 10.9 Å². The van der Waals surface area contributed by atoms with Gasteiger partial charge in [-0.05, 0) is 49.9 Å². The molecular formula is C22H30N6. The van der Waals surface area contributed by atoms with Crippen LogP contribution >= 0.6 is 0 Å². The maximum absolute atomic E-state index is 8.90. The zero-order chi connectivity index (χ0) is 19.3. The molecule has 0 bridgehead atoms. The van der Waals surface area contributed by atoms with Crippen LogP contribution in [-0.4, -0.2) is 64.6 Å². The molecule has 0 unspecified atom stereocenters. The Bertz CT molecular complexity index is 829. The SMILES string of the molecule is CCN1CCN([C@H]2CC[C@@H](Nc3ncnc4cc(CC#N)ccc34)CC2)CC1. The lowest BCUT2D eigenvalue weighted by molar-refractivity contribution is 0.0800. The Morgan fingerprint density at radius 1 is 1.11 bits per heavy atom. The lowest BCUT2D eigenvalue weighted by atomic mass is 9.89. The molecule has 1 aliphatic carbocycles. The summed E-state index contributed by atoms with van der Waals surface area (Å²) in [7, 11) is 0. The molecule has 2 aliphatic rings. The second-order valence-electron chi connectivity index (χ2n) is 8.03. The number of likely N-dealkylation sites (N-methyl/N-ethyl adjacent to an activating group) is 1. The van der Waals surface area contributed by atoms with E-state index in [4.69, 9.17) is 5.26 Å². The van der Waals surface area contributed by atoms with Crippen LogP contribution in [0.4, 0.5) is 5.82 Å². The first-order valence-corrected chi connectivity index (χ1v) is 10.6. The van der Waals surface area contributed by atoms with Gasteiger partial charge >= 0.3 is 0 Å². The first-order chi connectivity index (χ1) is 13.8. The molecule has 2 heterocycles. The summed E-state index contributed by atoms with van der Waals surface area (Å²) in [5, 5.41) is 13.6. The molecule has 1 saturated carbocycles. The Kier molecular flexibility index (Phi) is 6.04. The van der Waals surface area contributed by atoms with Crippen molar-refractivity contribution < 1.29 is 0 Å². The van der Waals surface area contributed by atoms with E-state index in [1.54, 1.807) is 6.33 Å². The minimum absolute atomic E-state index is 0.416. The highest BCUT2D eigenvalue weighted by molar-refractivity contribution is 5.89. The number of nitriles is 1. The van der Waals surface area contributed by atoms with Crippen molar-refractivity contribution in [1.82, 2.24) is 19.8 Å². The van der Waals surface area contributed by atoms with Gasteiger partial charge in [0.25, 0.3) is 0 Å². The zero-order valence-corrected chi connectivity index (χ0v) is 16.8. The predicted molar refractivity (Wildman–Crippen MR) is 112 cm³/mol. The summed E-state index contributed by atoms with van der Waals surface area (Å²) in [6, 6.07) is 9.47. The van der Waals surface area contributed by atoms with Crippen molar-refractivity contribution in [2.75, 3.05) is 38.0 Å². The van der Waals surface area contributed by atoms with E-state index < -0.39 is 0 Å². The quantitative estimate of drug-likeness (QED) is 0.862. The molecule has 6 nitrogen and oxygen atoms in total. The van der Waals surface area contributed by atoms with Gasteiger partial charge in [-0.2, -0.15) is 5.26 Å². The summed E-state index contributed by atoms with van der Waals surface area (Å²) in [5.74, 6) is 0.925. The number of piperazine rings is 1. The van der Waals surface area contributed by atoms with Gasteiger partial charge in [0.15, 0.2) is 0 Å². The van der Waals surface area contributed by atoms with Gasteiger partial charge in [0.1, 0.15) is 12.1 Å². The lowest BCUT2D eigenvalue weighted by Gasteiger charge is -2.42. The number of rotatable bonds is 5. The number of nitrogens with zero attached hydrogens (tertiary/aromatic N) is 5. The van der Waals surface area contributed by atoms with Crippen molar-refractivity contribution >= 4 is 16.7 Å². The van der Waals surface area contributed by atoms with Gasteiger partial charge in [-0.15, -0.1) is 0 Å². The summed E-state index contributed by atoms with van der Waals surface area (Å²) >= 11 is 0. The van der Waals surface area contributed by atoms with Crippen molar-refractivity contribution in [3.8, 4) is 6.07 Å². The highest BCUT2D eigenvalue weighted by Crippen LogP contribution is 2.28. The van der Waals surface area contributed by atoms with Crippen LogP contribution < -0.4 is 5.32 Å². The molecule has 1 aromatic heterocycles. The number of hydrogen-bond donors (Lipinski definition) is 1. The molecule has 0 amide bonds. The number of anilines is 1. The average Bonchev–Trinajstić information content (AvgIpc) is 2.75. The van der Waals surface area contributed by atoms with Crippen LogP contribution in [0.5, 0.6) is 0 Å². The smallest absolute Gasteiger partial charge is 0.137 e. The average molecular weight is 379 g/mol. The molecule has 6 heteroatoms. The Morgan fingerprint density at radius 2 is 1.89 bits per heavy atom. The van der Waals surface area contributed by atoms with Crippen molar-refractivity contribution in [3.63, 3.8) is 0 Å². The van der Waals surface area contributed by atoms with Gasteiger partial charge in [-0.1, -0.05) is 13.0 Å². The van der Waals surface area contributed by atoms with E-state index >= 15 is 0 Å². The highest BCUT2D eigenvalue weighted by Gasteiger charge is 2.28. The third kappa shape index (κ3) is 4.26. The zero-order valence-electron chi connectivity index (χ0n) is 16.8. The molecule has 2 fully saturated rings. The van der Waals surface area contributed by atoms with E-state index in [1.807, 2.05) is 18.2 Å². The molecule has 1 aliphatic heterocycles. The molecule has 1 aromatic carbocycles. The third-order valence-corrected chi connectivity index (χ3v) is 6.39. The van der Waals surface area contributed by atoms with Crippen LogP contribution in [0.1, 0.15) is 38.2 Å². The predicted octanol–water partition coefficient (Wildman–Crippen LogP) is 3.06. The number of fused-ring (bicyclic) bond motifs is 1. The molecule has 0 spiro atoms. The van der Waals surface area contributed by atoms with Gasteiger partial charge in [0.2, 0.25) is 0 Å². The van der Waals surface area contributed by atoms with E-state index in [0.29, 0.717) is 12.5 Å². The monoisotopic (exact) mass is 378 g/mol. The molecule has 1 saturated heterocycles. The number of benzene rings is 1. The Morgan fingerprint density at radius 3 is 2.61 bits per heavy atom. The Labute approximate surface area is 167 Å². The highest BCUT2D eigenvalue weighted by atomic mass is 15.3. The van der Waals surface area contributed by atoms with Crippen molar-refractivity contribution in [2.45, 2.75) is 51.1 Å². The maximum atomic E-state index is 8.90. The molecule has 1 N–H and O–H groups in total. The molecule has 28 heavy (non-hydrogen) atoms. The van der Waals surface area contributed by atoms with Gasteiger partial charge in [-0.25, -0.2) is 9.97 Å². The molecule has 2 aromatic rings. The summed E-state index contributed by atoms with van der Waals surface area (Å²) in [6.07, 6.45) is 6.95.